The van der Waals surface area contributed by atoms with Gasteiger partial charge < -0.3 is 10.2 Å². The normalized spacial score (nSPS) is 17.0. The van der Waals surface area contributed by atoms with E-state index in [4.69, 9.17) is 11.6 Å². The molecule has 2 aromatic carbocycles. The highest BCUT2D eigenvalue weighted by atomic mass is 35.5. The molecule has 3 rings (SSSR count). The number of carbonyl (C=O) groups excluding carboxylic acids is 2. The van der Waals surface area contributed by atoms with Gasteiger partial charge in [0.2, 0.25) is 11.8 Å². The van der Waals surface area contributed by atoms with E-state index in [0.717, 1.165) is 5.56 Å². The molecule has 0 aliphatic carbocycles. The van der Waals surface area contributed by atoms with Gasteiger partial charge in [-0.2, -0.15) is 0 Å². The molecule has 6 heteroatoms. The zero-order chi connectivity index (χ0) is 17.8. The Kier molecular flexibility index (Phi) is 5.34. The molecule has 1 N–H and O–H groups in total. The van der Waals surface area contributed by atoms with Gasteiger partial charge in [-0.15, -0.1) is 0 Å². The fourth-order valence-corrected chi connectivity index (χ4v) is 3.10. The molecule has 1 aliphatic heterocycles. The van der Waals surface area contributed by atoms with Crippen molar-refractivity contribution in [1.82, 2.24) is 10.2 Å². The molecule has 1 atom stereocenters. The predicted octanol–water partition coefficient (Wildman–Crippen LogP) is 3.14. The van der Waals surface area contributed by atoms with Crippen molar-refractivity contribution in [1.29, 1.82) is 0 Å². The van der Waals surface area contributed by atoms with Gasteiger partial charge in [-0.25, -0.2) is 4.39 Å². The van der Waals surface area contributed by atoms with E-state index in [2.05, 4.69) is 5.32 Å². The van der Waals surface area contributed by atoms with Crippen LogP contribution in [0.25, 0.3) is 0 Å². The fourth-order valence-electron chi connectivity index (χ4n) is 2.90. The van der Waals surface area contributed by atoms with Crippen LogP contribution in [0.1, 0.15) is 17.5 Å². The SMILES string of the molecule is O=C(NCc1ccccc1F)[C@H]1CC(=O)N(Cc2ccccc2Cl)C1. The molecule has 2 aromatic rings. The van der Waals surface area contributed by atoms with Crippen molar-refractivity contribution in [2.75, 3.05) is 6.54 Å². The Balaban J connectivity index is 1.57. The summed E-state index contributed by atoms with van der Waals surface area (Å²) in [6.07, 6.45) is 0.160. The number of amides is 2. The summed E-state index contributed by atoms with van der Waals surface area (Å²) in [5, 5.41) is 3.31. The van der Waals surface area contributed by atoms with Crippen molar-refractivity contribution in [3.05, 3.63) is 70.5 Å². The van der Waals surface area contributed by atoms with E-state index >= 15 is 0 Å². The van der Waals surface area contributed by atoms with Crippen LogP contribution in [-0.2, 0) is 22.7 Å². The van der Waals surface area contributed by atoms with Crippen molar-refractivity contribution in [3.63, 3.8) is 0 Å². The lowest BCUT2D eigenvalue weighted by molar-refractivity contribution is -0.129. The summed E-state index contributed by atoms with van der Waals surface area (Å²) in [7, 11) is 0. The van der Waals surface area contributed by atoms with Crippen molar-refractivity contribution >= 4 is 23.4 Å². The lowest BCUT2D eigenvalue weighted by Gasteiger charge is -2.17. The molecule has 2 amide bonds. The van der Waals surface area contributed by atoms with Crippen LogP contribution in [0, 0.1) is 11.7 Å². The summed E-state index contributed by atoms with van der Waals surface area (Å²) in [4.78, 5) is 26.1. The van der Waals surface area contributed by atoms with Crippen molar-refractivity contribution in [3.8, 4) is 0 Å². The number of hydrogen-bond acceptors (Lipinski definition) is 2. The van der Waals surface area contributed by atoms with Gasteiger partial charge in [0, 0.05) is 36.6 Å². The average Bonchev–Trinajstić information content (AvgIpc) is 2.97. The van der Waals surface area contributed by atoms with Crippen LogP contribution in [0.5, 0.6) is 0 Å². The third-order valence-corrected chi connectivity index (χ3v) is 4.68. The van der Waals surface area contributed by atoms with Crippen LogP contribution in [0.3, 0.4) is 0 Å². The first-order valence-corrected chi connectivity index (χ1v) is 8.44. The topological polar surface area (TPSA) is 49.4 Å². The Hall–Kier alpha value is -2.40. The molecule has 1 heterocycles. The van der Waals surface area contributed by atoms with E-state index in [9.17, 15) is 14.0 Å². The number of rotatable bonds is 5. The smallest absolute Gasteiger partial charge is 0.225 e. The molecule has 0 saturated carbocycles. The third kappa shape index (κ3) is 4.17. The Bertz CT molecular complexity index is 796. The molecular formula is C19H18ClFN2O2. The Morgan fingerprint density at radius 1 is 1.16 bits per heavy atom. The number of benzene rings is 2. The maximum absolute atomic E-state index is 13.6. The lowest BCUT2D eigenvalue weighted by Crippen LogP contribution is -2.32. The minimum atomic E-state index is -0.429. The van der Waals surface area contributed by atoms with Gasteiger partial charge in [0.15, 0.2) is 0 Å². The van der Waals surface area contributed by atoms with Crippen molar-refractivity contribution in [2.45, 2.75) is 19.5 Å². The number of nitrogens with zero attached hydrogens (tertiary/aromatic N) is 1. The summed E-state index contributed by atoms with van der Waals surface area (Å²) in [6, 6.07) is 13.6. The molecule has 1 saturated heterocycles. The maximum atomic E-state index is 13.6. The van der Waals surface area contributed by atoms with E-state index in [1.54, 1.807) is 29.2 Å². The van der Waals surface area contributed by atoms with Gasteiger partial charge >= 0.3 is 0 Å². The first-order chi connectivity index (χ1) is 12.0. The van der Waals surface area contributed by atoms with Gasteiger partial charge in [0.25, 0.3) is 0 Å². The average molecular weight is 361 g/mol. The minimum Gasteiger partial charge on any atom is -0.352 e. The van der Waals surface area contributed by atoms with E-state index in [1.807, 2.05) is 18.2 Å². The van der Waals surface area contributed by atoms with Gasteiger partial charge in [-0.3, -0.25) is 9.59 Å². The van der Waals surface area contributed by atoms with E-state index < -0.39 is 5.92 Å². The zero-order valence-corrected chi connectivity index (χ0v) is 14.3. The van der Waals surface area contributed by atoms with Crippen LogP contribution < -0.4 is 5.32 Å². The molecule has 0 radical (unpaired) electrons. The molecular weight excluding hydrogens is 343 g/mol. The van der Waals surface area contributed by atoms with Crippen LogP contribution in [0.2, 0.25) is 5.02 Å². The van der Waals surface area contributed by atoms with Crippen LogP contribution in [0.15, 0.2) is 48.5 Å². The summed E-state index contributed by atoms with van der Waals surface area (Å²) in [5.41, 5.74) is 1.28. The van der Waals surface area contributed by atoms with Crippen LogP contribution >= 0.6 is 11.6 Å². The number of carbonyl (C=O) groups is 2. The fraction of sp³-hybridized carbons (Fsp3) is 0.263. The minimum absolute atomic E-state index is 0.0778. The summed E-state index contributed by atoms with van der Waals surface area (Å²) in [5.74, 6) is -1.10. The second-order valence-electron chi connectivity index (χ2n) is 6.08. The van der Waals surface area contributed by atoms with E-state index in [1.165, 1.54) is 6.07 Å². The highest BCUT2D eigenvalue weighted by Crippen LogP contribution is 2.23. The third-order valence-electron chi connectivity index (χ3n) is 4.32. The van der Waals surface area contributed by atoms with Crippen LogP contribution in [0.4, 0.5) is 4.39 Å². The Labute approximate surface area is 150 Å². The molecule has 0 aromatic heterocycles. The van der Waals surface area contributed by atoms with Crippen molar-refractivity contribution in [2.24, 2.45) is 5.92 Å². The summed E-state index contributed by atoms with van der Waals surface area (Å²) < 4.78 is 13.6. The highest BCUT2D eigenvalue weighted by Gasteiger charge is 2.34. The van der Waals surface area contributed by atoms with Gasteiger partial charge in [0.05, 0.1) is 5.92 Å². The lowest BCUT2D eigenvalue weighted by atomic mass is 10.1. The molecule has 25 heavy (non-hydrogen) atoms. The second kappa shape index (κ2) is 7.66. The maximum Gasteiger partial charge on any atom is 0.225 e. The number of nitrogens with one attached hydrogen (secondary N) is 1. The van der Waals surface area contributed by atoms with Gasteiger partial charge in [-0.05, 0) is 17.7 Å². The van der Waals surface area contributed by atoms with Gasteiger partial charge in [-0.1, -0.05) is 48.0 Å². The number of likely N-dealkylation sites (tertiary alicyclic amines) is 1. The Morgan fingerprint density at radius 2 is 1.84 bits per heavy atom. The second-order valence-corrected chi connectivity index (χ2v) is 6.48. The Morgan fingerprint density at radius 3 is 2.56 bits per heavy atom. The molecule has 0 spiro atoms. The number of hydrogen-bond donors (Lipinski definition) is 1. The van der Waals surface area contributed by atoms with E-state index in [0.29, 0.717) is 23.7 Å². The zero-order valence-electron chi connectivity index (χ0n) is 13.5. The van der Waals surface area contributed by atoms with E-state index in [-0.39, 0.29) is 30.6 Å². The molecule has 1 aliphatic rings. The summed E-state index contributed by atoms with van der Waals surface area (Å²) >= 11 is 6.13. The highest BCUT2D eigenvalue weighted by molar-refractivity contribution is 6.31. The van der Waals surface area contributed by atoms with Crippen LogP contribution in [-0.4, -0.2) is 23.3 Å². The monoisotopic (exact) mass is 360 g/mol. The van der Waals surface area contributed by atoms with Gasteiger partial charge in [0.1, 0.15) is 5.82 Å². The molecule has 0 unspecified atom stereocenters. The standard InChI is InChI=1S/C19H18ClFN2O2/c20-16-7-3-1-6-14(16)11-23-12-15(9-18(23)24)19(25)22-10-13-5-2-4-8-17(13)21/h1-8,15H,9-12H2,(H,22,25)/t15-/m0/s1. The first kappa shape index (κ1) is 17.4. The van der Waals surface area contributed by atoms with Crippen molar-refractivity contribution < 1.29 is 14.0 Å². The quantitative estimate of drug-likeness (QED) is 0.890. The first-order valence-electron chi connectivity index (χ1n) is 8.07. The largest absolute Gasteiger partial charge is 0.352 e. The molecule has 130 valence electrons. The summed E-state index contributed by atoms with van der Waals surface area (Å²) in [6.45, 7) is 0.837. The molecule has 1 fully saturated rings. The molecule has 4 nitrogen and oxygen atoms in total. The predicted molar refractivity (Wildman–Crippen MR) is 93.2 cm³/mol. The number of halogens is 2. The molecule has 0 bridgehead atoms.